The second kappa shape index (κ2) is 7.10. The molecule has 3 rings (SSSR count). The number of benzene rings is 1. The lowest BCUT2D eigenvalue weighted by molar-refractivity contribution is 0.102. The van der Waals surface area contributed by atoms with E-state index in [0.29, 0.717) is 11.7 Å². The van der Waals surface area contributed by atoms with Gasteiger partial charge in [0.2, 0.25) is 0 Å². The zero-order valence-corrected chi connectivity index (χ0v) is 14.4. The molecule has 1 aliphatic heterocycles. The summed E-state index contributed by atoms with van der Waals surface area (Å²) >= 11 is 3.32. The molecule has 1 aromatic carbocycles. The Kier molecular flexibility index (Phi) is 4.93. The monoisotopic (exact) mass is 375 g/mol. The first kappa shape index (κ1) is 16.0. The van der Waals surface area contributed by atoms with Gasteiger partial charge in [0.05, 0.1) is 11.7 Å². The first-order valence-corrected chi connectivity index (χ1v) is 8.25. The number of carbonyl (C=O) groups excluding carboxylic acids is 1. The lowest BCUT2D eigenvalue weighted by atomic mass is 10.2. The van der Waals surface area contributed by atoms with Crippen LogP contribution in [0.2, 0.25) is 0 Å². The Labute approximate surface area is 143 Å². The third kappa shape index (κ3) is 3.89. The number of carbonyl (C=O) groups is 1. The predicted molar refractivity (Wildman–Crippen MR) is 94.0 cm³/mol. The second-order valence-electron chi connectivity index (χ2n) is 5.49. The summed E-state index contributed by atoms with van der Waals surface area (Å²) in [6.45, 7) is 1.90. The molecule has 1 aromatic heterocycles. The quantitative estimate of drug-likeness (QED) is 0.890. The molecular weight excluding hydrogens is 358 g/mol. The highest BCUT2D eigenvalue weighted by atomic mass is 79.9. The highest BCUT2D eigenvalue weighted by Crippen LogP contribution is 2.23. The van der Waals surface area contributed by atoms with E-state index in [1.165, 1.54) is 0 Å². The maximum Gasteiger partial charge on any atom is 0.257 e. The van der Waals surface area contributed by atoms with Gasteiger partial charge in [-0.25, -0.2) is 0 Å². The standard InChI is InChI=1S/C17H18BrN3O2/c1-23-16-6-7-21(11-16)15-4-2-14(3-5-15)20-17(22)12-8-13(18)10-19-9-12/h2-5,8-10,16H,6-7,11H2,1H3,(H,20,22)/t16-/m1/s1. The summed E-state index contributed by atoms with van der Waals surface area (Å²) in [5.41, 5.74) is 2.43. The topological polar surface area (TPSA) is 54.5 Å². The molecule has 5 nitrogen and oxygen atoms in total. The molecule has 2 aromatic rings. The van der Waals surface area contributed by atoms with Crippen LogP contribution in [0.5, 0.6) is 0 Å². The van der Waals surface area contributed by atoms with Crippen LogP contribution in [0.1, 0.15) is 16.8 Å². The van der Waals surface area contributed by atoms with Gasteiger partial charge in [-0.1, -0.05) is 0 Å². The van der Waals surface area contributed by atoms with Gasteiger partial charge in [-0.3, -0.25) is 9.78 Å². The van der Waals surface area contributed by atoms with Crippen LogP contribution in [0.4, 0.5) is 11.4 Å². The van der Waals surface area contributed by atoms with Crippen molar-refractivity contribution in [1.82, 2.24) is 4.98 Å². The first-order valence-electron chi connectivity index (χ1n) is 7.45. The van der Waals surface area contributed by atoms with E-state index >= 15 is 0 Å². The average molecular weight is 376 g/mol. The molecule has 0 spiro atoms. The minimum absolute atomic E-state index is 0.174. The summed E-state index contributed by atoms with van der Waals surface area (Å²) in [4.78, 5) is 18.5. The molecule has 1 fully saturated rings. The normalized spacial score (nSPS) is 17.3. The van der Waals surface area contributed by atoms with Crippen LogP contribution in [0.25, 0.3) is 0 Å². The number of halogens is 1. The van der Waals surface area contributed by atoms with E-state index in [4.69, 9.17) is 4.74 Å². The lowest BCUT2D eigenvalue weighted by Crippen LogP contribution is -2.22. The molecule has 23 heavy (non-hydrogen) atoms. The number of rotatable bonds is 4. The molecular formula is C17H18BrN3O2. The molecule has 2 heterocycles. The van der Waals surface area contributed by atoms with E-state index in [1.54, 1.807) is 25.6 Å². The van der Waals surface area contributed by atoms with Crippen molar-refractivity contribution in [3.8, 4) is 0 Å². The maximum absolute atomic E-state index is 12.2. The maximum atomic E-state index is 12.2. The van der Waals surface area contributed by atoms with E-state index in [2.05, 4.69) is 31.1 Å². The zero-order chi connectivity index (χ0) is 16.2. The Morgan fingerprint density at radius 3 is 2.78 bits per heavy atom. The molecule has 120 valence electrons. The van der Waals surface area contributed by atoms with E-state index in [1.807, 2.05) is 24.3 Å². The van der Waals surface area contributed by atoms with Gasteiger partial charge < -0.3 is 15.0 Å². The minimum atomic E-state index is -0.174. The molecule has 1 amide bonds. The van der Waals surface area contributed by atoms with Gasteiger partial charge >= 0.3 is 0 Å². The number of methoxy groups -OCH3 is 1. The van der Waals surface area contributed by atoms with Crippen molar-refractivity contribution < 1.29 is 9.53 Å². The van der Waals surface area contributed by atoms with Crippen molar-refractivity contribution in [3.63, 3.8) is 0 Å². The molecule has 6 heteroatoms. The Morgan fingerprint density at radius 1 is 1.35 bits per heavy atom. The van der Waals surface area contributed by atoms with Crippen LogP contribution in [0.3, 0.4) is 0 Å². The fraction of sp³-hybridized carbons (Fsp3) is 0.294. The Morgan fingerprint density at radius 2 is 2.13 bits per heavy atom. The fourth-order valence-electron chi connectivity index (χ4n) is 2.65. The number of nitrogens with one attached hydrogen (secondary N) is 1. The van der Waals surface area contributed by atoms with E-state index in [0.717, 1.165) is 35.4 Å². The summed E-state index contributed by atoms with van der Waals surface area (Å²) < 4.78 is 6.17. The molecule has 0 bridgehead atoms. The number of hydrogen-bond acceptors (Lipinski definition) is 4. The van der Waals surface area contributed by atoms with Crippen molar-refractivity contribution in [2.45, 2.75) is 12.5 Å². The van der Waals surface area contributed by atoms with E-state index in [-0.39, 0.29) is 5.91 Å². The average Bonchev–Trinajstić information content (AvgIpc) is 3.04. The fourth-order valence-corrected chi connectivity index (χ4v) is 3.01. The third-order valence-electron chi connectivity index (χ3n) is 3.94. The number of nitrogens with zero attached hydrogens (tertiary/aromatic N) is 2. The zero-order valence-electron chi connectivity index (χ0n) is 12.8. The second-order valence-corrected chi connectivity index (χ2v) is 6.40. The van der Waals surface area contributed by atoms with Crippen LogP contribution in [0, 0.1) is 0 Å². The highest BCUT2D eigenvalue weighted by Gasteiger charge is 2.22. The molecule has 0 aliphatic carbocycles. The van der Waals surface area contributed by atoms with Crippen molar-refractivity contribution in [2.75, 3.05) is 30.4 Å². The summed E-state index contributed by atoms with van der Waals surface area (Å²) in [5, 5.41) is 2.88. The van der Waals surface area contributed by atoms with Crippen LogP contribution in [-0.4, -0.2) is 37.2 Å². The van der Waals surface area contributed by atoms with Gasteiger partial charge in [-0.05, 0) is 52.7 Å². The van der Waals surface area contributed by atoms with Crippen LogP contribution < -0.4 is 10.2 Å². The van der Waals surface area contributed by atoms with Crippen molar-refractivity contribution in [1.29, 1.82) is 0 Å². The summed E-state index contributed by atoms with van der Waals surface area (Å²) in [7, 11) is 1.75. The largest absolute Gasteiger partial charge is 0.380 e. The van der Waals surface area contributed by atoms with Gasteiger partial charge in [0, 0.05) is 48.4 Å². The smallest absolute Gasteiger partial charge is 0.257 e. The Balaban J connectivity index is 1.65. The number of ether oxygens (including phenoxy) is 1. The van der Waals surface area contributed by atoms with Gasteiger partial charge in [0.1, 0.15) is 0 Å². The van der Waals surface area contributed by atoms with Crippen LogP contribution >= 0.6 is 15.9 Å². The molecule has 1 N–H and O–H groups in total. The number of amides is 1. The van der Waals surface area contributed by atoms with Gasteiger partial charge in [-0.15, -0.1) is 0 Å². The van der Waals surface area contributed by atoms with Gasteiger partial charge in [-0.2, -0.15) is 0 Å². The third-order valence-corrected chi connectivity index (χ3v) is 4.37. The SMILES string of the molecule is CO[C@@H]1CCN(c2ccc(NC(=O)c3cncc(Br)c3)cc2)C1. The van der Waals surface area contributed by atoms with Gasteiger partial charge in [0.15, 0.2) is 0 Å². The summed E-state index contributed by atoms with van der Waals surface area (Å²) in [6, 6.07) is 9.61. The number of anilines is 2. The van der Waals surface area contributed by atoms with Crippen molar-refractivity contribution in [3.05, 3.63) is 52.8 Å². The van der Waals surface area contributed by atoms with E-state index < -0.39 is 0 Å². The molecule has 1 aliphatic rings. The highest BCUT2D eigenvalue weighted by molar-refractivity contribution is 9.10. The Bertz CT molecular complexity index is 690. The lowest BCUT2D eigenvalue weighted by Gasteiger charge is -2.18. The minimum Gasteiger partial charge on any atom is -0.380 e. The summed E-state index contributed by atoms with van der Waals surface area (Å²) in [6.07, 6.45) is 4.54. The predicted octanol–water partition coefficient (Wildman–Crippen LogP) is 3.32. The molecule has 0 saturated carbocycles. The number of aromatic nitrogens is 1. The summed E-state index contributed by atoms with van der Waals surface area (Å²) in [5.74, 6) is -0.174. The van der Waals surface area contributed by atoms with Crippen LogP contribution in [-0.2, 0) is 4.74 Å². The van der Waals surface area contributed by atoms with Crippen molar-refractivity contribution >= 4 is 33.2 Å². The van der Waals surface area contributed by atoms with Crippen molar-refractivity contribution in [2.24, 2.45) is 0 Å². The Hall–Kier alpha value is -1.92. The molecule has 0 radical (unpaired) electrons. The number of pyridine rings is 1. The molecule has 1 atom stereocenters. The molecule has 0 unspecified atom stereocenters. The van der Waals surface area contributed by atoms with Crippen LogP contribution in [0.15, 0.2) is 47.2 Å². The van der Waals surface area contributed by atoms with E-state index in [9.17, 15) is 4.79 Å². The molecule has 1 saturated heterocycles. The van der Waals surface area contributed by atoms with Gasteiger partial charge in [0.25, 0.3) is 5.91 Å². The number of hydrogen-bond donors (Lipinski definition) is 1. The first-order chi connectivity index (χ1) is 11.2.